The van der Waals surface area contributed by atoms with Crippen LogP contribution in [0.1, 0.15) is 23.2 Å². The largest absolute Gasteiger partial charge is 0.433 e. The molecule has 2 heterocycles. The van der Waals surface area contributed by atoms with Gasteiger partial charge >= 0.3 is 6.18 Å². The second kappa shape index (κ2) is 6.19. The Morgan fingerprint density at radius 2 is 2.16 bits per heavy atom. The van der Waals surface area contributed by atoms with Gasteiger partial charge in [0.15, 0.2) is 5.82 Å². The fourth-order valence-corrected chi connectivity index (χ4v) is 2.35. The number of carbonyl (C=O) groups excluding carboxylic acids is 1. The van der Waals surface area contributed by atoms with Crippen molar-refractivity contribution in [2.24, 2.45) is 5.16 Å². The first-order valence-electron chi connectivity index (χ1n) is 7.17. The lowest BCUT2D eigenvalue weighted by Gasteiger charge is -2.09. The number of benzene rings is 1. The van der Waals surface area contributed by atoms with E-state index >= 15 is 0 Å². The van der Waals surface area contributed by atoms with Crippen LogP contribution in [0.3, 0.4) is 0 Å². The normalized spacial score (nSPS) is 17.2. The van der Waals surface area contributed by atoms with E-state index in [-0.39, 0.29) is 17.8 Å². The van der Waals surface area contributed by atoms with Crippen LogP contribution in [0.15, 0.2) is 29.4 Å². The minimum atomic E-state index is -4.60. The molecule has 3 rings (SSSR count). The Morgan fingerprint density at radius 1 is 1.40 bits per heavy atom. The number of hydrogen-bond donors (Lipinski definition) is 2. The topological polar surface area (TPSA) is 79.4 Å². The lowest BCUT2D eigenvalue weighted by molar-refractivity contribution is -0.141. The van der Waals surface area contributed by atoms with E-state index in [1.165, 1.54) is 25.1 Å². The van der Waals surface area contributed by atoms with E-state index in [1.54, 1.807) is 6.07 Å². The summed E-state index contributed by atoms with van der Waals surface area (Å²) in [5.74, 6) is -1.39. The average molecular weight is 356 g/mol. The molecule has 1 aliphatic rings. The zero-order valence-electron chi connectivity index (χ0n) is 12.8. The fourth-order valence-electron chi connectivity index (χ4n) is 2.35. The van der Waals surface area contributed by atoms with Gasteiger partial charge in [-0.05, 0) is 19.1 Å². The van der Waals surface area contributed by atoms with Gasteiger partial charge in [-0.3, -0.25) is 9.89 Å². The third-order valence-corrected chi connectivity index (χ3v) is 3.65. The molecule has 2 aromatic rings. The van der Waals surface area contributed by atoms with Crippen molar-refractivity contribution in [2.45, 2.75) is 25.6 Å². The predicted molar refractivity (Wildman–Crippen MR) is 79.4 cm³/mol. The summed E-state index contributed by atoms with van der Waals surface area (Å²) in [6.07, 6.45) is -5.58. The van der Waals surface area contributed by atoms with Crippen molar-refractivity contribution in [1.82, 2.24) is 10.2 Å². The Labute approximate surface area is 138 Å². The first-order valence-corrected chi connectivity index (χ1v) is 7.17. The van der Waals surface area contributed by atoms with Gasteiger partial charge in [-0.25, -0.2) is 4.39 Å². The monoisotopic (exact) mass is 356 g/mol. The quantitative estimate of drug-likeness (QED) is 0.830. The van der Waals surface area contributed by atoms with Crippen LogP contribution in [0.25, 0.3) is 0 Å². The molecular weight excluding hydrogens is 344 g/mol. The molecule has 1 atom stereocenters. The summed E-state index contributed by atoms with van der Waals surface area (Å²) in [4.78, 5) is 17.2. The summed E-state index contributed by atoms with van der Waals surface area (Å²) >= 11 is 0. The Morgan fingerprint density at radius 3 is 2.80 bits per heavy atom. The molecule has 25 heavy (non-hydrogen) atoms. The number of oxime groups is 1. The van der Waals surface area contributed by atoms with Gasteiger partial charge in [0.25, 0.3) is 5.91 Å². The van der Waals surface area contributed by atoms with Gasteiger partial charge in [0, 0.05) is 17.5 Å². The number of aromatic amines is 1. The number of aromatic nitrogens is 2. The van der Waals surface area contributed by atoms with Crippen LogP contribution in [0.5, 0.6) is 0 Å². The molecule has 0 aliphatic carbocycles. The fraction of sp³-hybridized carbons (Fsp3) is 0.267. The number of rotatable bonds is 3. The highest BCUT2D eigenvalue weighted by Crippen LogP contribution is 2.32. The van der Waals surface area contributed by atoms with E-state index in [4.69, 9.17) is 4.84 Å². The Hall–Kier alpha value is -2.91. The molecule has 0 saturated carbocycles. The second-order valence-corrected chi connectivity index (χ2v) is 5.41. The number of anilines is 1. The van der Waals surface area contributed by atoms with Gasteiger partial charge in [-0.2, -0.15) is 18.3 Å². The molecule has 1 aliphatic heterocycles. The van der Waals surface area contributed by atoms with Gasteiger partial charge in [-0.1, -0.05) is 17.3 Å². The smallest absolute Gasteiger partial charge is 0.382 e. The zero-order valence-corrected chi connectivity index (χ0v) is 12.8. The lowest BCUT2D eigenvalue weighted by atomic mass is 10.0. The summed E-state index contributed by atoms with van der Waals surface area (Å²) in [7, 11) is 0. The van der Waals surface area contributed by atoms with Crippen molar-refractivity contribution in [1.29, 1.82) is 0 Å². The van der Waals surface area contributed by atoms with Crippen molar-refractivity contribution < 1.29 is 27.2 Å². The first kappa shape index (κ1) is 16.9. The van der Waals surface area contributed by atoms with Crippen LogP contribution in [0.4, 0.5) is 23.4 Å². The molecule has 1 unspecified atom stereocenters. The van der Waals surface area contributed by atoms with E-state index in [0.29, 0.717) is 11.3 Å². The van der Waals surface area contributed by atoms with E-state index in [2.05, 4.69) is 15.6 Å². The summed E-state index contributed by atoms with van der Waals surface area (Å²) in [5, 5.41) is 11.3. The minimum Gasteiger partial charge on any atom is -0.382 e. The maximum Gasteiger partial charge on any atom is 0.433 e. The molecule has 6 nitrogen and oxygen atoms in total. The van der Waals surface area contributed by atoms with Crippen molar-refractivity contribution in [3.63, 3.8) is 0 Å². The van der Waals surface area contributed by atoms with E-state index in [0.717, 1.165) is 0 Å². The average Bonchev–Trinajstić information content (AvgIpc) is 3.15. The van der Waals surface area contributed by atoms with Crippen molar-refractivity contribution in [3.8, 4) is 0 Å². The van der Waals surface area contributed by atoms with Gasteiger partial charge in [0.2, 0.25) is 6.10 Å². The second-order valence-electron chi connectivity index (χ2n) is 5.41. The molecule has 1 aromatic heterocycles. The van der Waals surface area contributed by atoms with Crippen LogP contribution < -0.4 is 5.32 Å². The molecule has 0 saturated heterocycles. The van der Waals surface area contributed by atoms with Gasteiger partial charge in [0.05, 0.1) is 5.71 Å². The number of H-pyrrole nitrogens is 1. The third kappa shape index (κ3) is 3.47. The Bertz CT molecular complexity index is 844. The molecule has 10 heteroatoms. The van der Waals surface area contributed by atoms with E-state index in [1.807, 2.05) is 5.10 Å². The number of alkyl halides is 3. The number of hydrogen-bond acceptors (Lipinski definition) is 4. The molecule has 1 amide bonds. The van der Waals surface area contributed by atoms with Crippen LogP contribution in [-0.4, -0.2) is 27.9 Å². The SMILES string of the molecule is Cc1c(NC(=O)C2CC(c3cccc(F)c3)=NO2)n[nH]c1C(F)(F)F. The van der Waals surface area contributed by atoms with Gasteiger partial charge in [0.1, 0.15) is 11.5 Å². The van der Waals surface area contributed by atoms with Crippen molar-refractivity contribution >= 4 is 17.4 Å². The van der Waals surface area contributed by atoms with Crippen LogP contribution in [0.2, 0.25) is 0 Å². The maximum absolute atomic E-state index is 13.2. The third-order valence-electron chi connectivity index (χ3n) is 3.65. The summed E-state index contributed by atoms with van der Waals surface area (Å²) in [6.45, 7) is 1.19. The Kier molecular flexibility index (Phi) is 4.19. The van der Waals surface area contributed by atoms with Crippen LogP contribution in [-0.2, 0) is 15.8 Å². The highest BCUT2D eigenvalue weighted by Gasteiger charge is 2.37. The van der Waals surface area contributed by atoms with Gasteiger partial charge in [-0.15, -0.1) is 0 Å². The summed E-state index contributed by atoms with van der Waals surface area (Å²) in [6, 6.07) is 5.62. The molecule has 1 aromatic carbocycles. The number of amides is 1. The summed E-state index contributed by atoms with van der Waals surface area (Å²) in [5.41, 5.74) is -0.433. The molecular formula is C15H12F4N4O2. The van der Waals surface area contributed by atoms with Crippen molar-refractivity contribution in [2.75, 3.05) is 5.32 Å². The highest BCUT2D eigenvalue weighted by atomic mass is 19.4. The van der Waals surface area contributed by atoms with E-state index in [9.17, 15) is 22.4 Å². The maximum atomic E-state index is 13.2. The highest BCUT2D eigenvalue weighted by molar-refractivity contribution is 6.06. The summed E-state index contributed by atoms with van der Waals surface area (Å²) < 4.78 is 51.4. The first-order chi connectivity index (χ1) is 11.8. The van der Waals surface area contributed by atoms with Crippen LogP contribution in [0, 0.1) is 12.7 Å². The van der Waals surface area contributed by atoms with Gasteiger partial charge < -0.3 is 10.2 Å². The number of carbonyl (C=O) groups is 1. The van der Waals surface area contributed by atoms with E-state index < -0.39 is 29.7 Å². The molecule has 0 spiro atoms. The van der Waals surface area contributed by atoms with Crippen LogP contribution >= 0.6 is 0 Å². The molecule has 0 bridgehead atoms. The molecule has 2 N–H and O–H groups in total. The van der Waals surface area contributed by atoms with Crippen molar-refractivity contribution in [3.05, 3.63) is 46.9 Å². The zero-order chi connectivity index (χ0) is 18.2. The number of nitrogens with one attached hydrogen (secondary N) is 2. The minimum absolute atomic E-state index is 0.0604. The molecule has 0 fully saturated rings. The standard InChI is InChI=1S/C15H12F4N4O2/c1-7-12(15(17,18)19)21-22-13(7)20-14(24)11-6-10(23-25-11)8-3-2-4-9(16)5-8/h2-5,11H,6H2,1H3,(H2,20,21,22,24). The Balaban J connectivity index is 1.67. The number of halogens is 4. The molecule has 132 valence electrons. The lowest BCUT2D eigenvalue weighted by Crippen LogP contribution is -2.28. The predicted octanol–water partition coefficient (Wildman–Crippen LogP) is 3.01. The number of nitrogens with zero attached hydrogens (tertiary/aromatic N) is 2. The molecule has 0 radical (unpaired) electrons.